The summed E-state index contributed by atoms with van der Waals surface area (Å²) in [6.45, 7) is 6.40. The second-order valence-electron chi connectivity index (χ2n) is 7.49. The number of fused-ring (bicyclic) bond motifs is 1. The van der Waals surface area contributed by atoms with Crippen molar-refractivity contribution in [3.63, 3.8) is 0 Å². The first kappa shape index (κ1) is 20.8. The maximum Gasteiger partial charge on any atom is 0.412 e. The van der Waals surface area contributed by atoms with Gasteiger partial charge in [-0.25, -0.2) is 4.79 Å². The van der Waals surface area contributed by atoms with Gasteiger partial charge in [0.05, 0.1) is 23.9 Å². The third kappa shape index (κ3) is 5.77. The highest BCUT2D eigenvalue weighted by Crippen LogP contribution is 2.37. The van der Waals surface area contributed by atoms with E-state index in [-0.39, 0.29) is 5.91 Å². The lowest BCUT2D eigenvalue weighted by molar-refractivity contribution is 0.0635. The lowest BCUT2D eigenvalue weighted by atomic mass is 10.1. The third-order valence-corrected chi connectivity index (χ3v) is 4.17. The molecule has 154 valence electrons. The SMILES string of the molecule is CC(C)(C)OC(=O)Nc1cccc(C(=O)Nc2cc3c(cc2Cl)OCCCO3)c1. The molecule has 0 fully saturated rings. The number of benzene rings is 2. The highest BCUT2D eigenvalue weighted by Gasteiger charge is 2.18. The molecular formula is C21H23ClN2O5. The molecule has 2 aromatic rings. The van der Waals surface area contributed by atoms with E-state index < -0.39 is 11.7 Å². The van der Waals surface area contributed by atoms with Crippen LogP contribution < -0.4 is 20.1 Å². The van der Waals surface area contributed by atoms with Crippen molar-refractivity contribution in [2.24, 2.45) is 0 Å². The highest BCUT2D eigenvalue weighted by molar-refractivity contribution is 6.34. The minimum atomic E-state index is -0.618. The number of nitrogens with one attached hydrogen (secondary N) is 2. The quantitative estimate of drug-likeness (QED) is 0.724. The van der Waals surface area contributed by atoms with Crippen molar-refractivity contribution < 1.29 is 23.8 Å². The monoisotopic (exact) mass is 418 g/mol. The number of carbonyl (C=O) groups excluding carboxylic acids is 2. The lowest BCUT2D eigenvalue weighted by Crippen LogP contribution is -2.27. The minimum absolute atomic E-state index is 0.339. The molecule has 0 saturated carbocycles. The highest BCUT2D eigenvalue weighted by atomic mass is 35.5. The molecule has 8 heteroatoms. The van der Waals surface area contributed by atoms with Crippen LogP contribution in [-0.2, 0) is 4.74 Å². The standard InChI is InChI=1S/C21H23ClN2O5/c1-21(2,3)29-20(26)23-14-7-4-6-13(10-14)19(25)24-16-12-18-17(11-15(16)22)27-8-5-9-28-18/h4,6-7,10-12H,5,8-9H2,1-3H3,(H,23,26)(H,24,25). The van der Waals surface area contributed by atoms with Crippen LogP contribution in [0.1, 0.15) is 37.6 Å². The van der Waals surface area contributed by atoms with Crippen LogP contribution in [0.25, 0.3) is 0 Å². The van der Waals surface area contributed by atoms with E-state index in [1.807, 2.05) is 0 Å². The molecule has 2 N–H and O–H groups in total. The zero-order valence-corrected chi connectivity index (χ0v) is 17.3. The Kier molecular flexibility index (Phi) is 6.17. The second kappa shape index (κ2) is 8.61. The number of amides is 2. The normalized spacial score (nSPS) is 13.2. The summed E-state index contributed by atoms with van der Waals surface area (Å²) in [5.74, 6) is 0.700. The fraction of sp³-hybridized carbons (Fsp3) is 0.333. The van der Waals surface area contributed by atoms with Crippen LogP contribution in [0.2, 0.25) is 5.02 Å². The molecule has 1 heterocycles. The Labute approximate surface area is 174 Å². The topological polar surface area (TPSA) is 85.9 Å². The maximum absolute atomic E-state index is 12.7. The molecule has 1 aliphatic heterocycles. The molecular weight excluding hydrogens is 396 g/mol. The van der Waals surface area contributed by atoms with Gasteiger partial charge in [0.15, 0.2) is 11.5 Å². The van der Waals surface area contributed by atoms with Gasteiger partial charge in [0.1, 0.15) is 5.60 Å². The van der Waals surface area contributed by atoms with Crippen molar-refractivity contribution >= 4 is 35.0 Å². The van der Waals surface area contributed by atoms with Crippen molar-refractivity contribution in [3.8, 4) is 11.5 Å². The van der Waals surface area contributed by atoms with Gasteiger partial charge in [-0.3, -0.25) is 10.1 Å². The van der Waals surface area contributed by atoms with Crippen LogP contribution in [-0.4, -0.2) is 30.8 Å². The largest absolute Gasteiger partial charge is 0.490 e. The molecule has 0 atom stereocenters. The first-order valence-corrected chi connectivity index (χ1v) is 9.60. The summed E-state index contributed by atoms with van der Waals surface area (Å²) in [6.07, 6.45) is 0.173. The zero-order valence-electron chi connectivity index (χ0n) is 16.5. The molecule has 2 amide bonds. The van der Waals surface area contributed by atoms with Gasteiger partial charge in [-0.05, 0) is 39.0 Å². The number of hydrogen-bond acceptors (Lipinski definition) is 5. The molecule has 0 aliphatic carbocycles. The maximum atomic E-state index is 12.7. The van der Waals surface area contributed by atoms with Crippen LogP contribution in [0.3, 0.4) is 0 Å². The second-order valence-corrected chi connectivity index (χ2v) is 7.90. The van der Waals surface area contributed by atoms with Gasteiger partial charge in [-0.2, -0.15) is 0 Å². The summed E-state index contributed by atoms with van der Waals surface area (Å²) >= 11 is 6.28. The fourth-order valence-electron chi connectivity index (χ4n) is 2.63. The lowest BCUT2D eigenvalue weighted by Gasteiger charge is -2.19. The molecule has 0 bridgehead atoms. The van der Waals surface area contributed by atoms with E-state index in [1.54, 1.807) is 57.2 Å². The van der Waals surface area contributed by atoms with Crippen molar-refractivity contribution in [3.05, 3.63) is 47.0 Å². The number of carbonyl (C=O) groups is 2. The van der Waals surface area contributed by atoms with Gasteiger partial charge in [0.2, 0.25) is 0 Å². The first-order valence-electron chi connectivity index (χ1n) is 9.22. The van der Waals surface area contributed by atoms with Gasteiger partial charge < -0.3 is 19.5 Å². The summed E-state index contributed by atoms with van der Waals surface area (Å²) in [6, 6.07) is 9.78. The van der Waals surface area contributed by atoms with Crippen molar-refractivity contribution in [1.29, 1.82) is 0 Å². The molecule has 3 rings (SSSR count). The number of halogens is 1. The molecule has 0 unspecified atom stereocenters. The van der Waals surface area contributed by atoms with Gasteiger partial charge in [0.25, 0.3) is 5.91 Å². The molecule has 0 aromatic heterocycles. The molecule has 29 heavy (non-hydrogen) atoms. The van der Waals surface area contributed by atoms with E-state index in [4.69, 9.17) is 25.8 Å². The van der Waals surface area contributed by atoms with Gasteiger partial charge in [-0.15, -0.1) is 0 Å². The average molecular weight is 419 g/mol. The van der Waals surface area contributed by atoms with Crippen molar-refractivity contribution in [2.45, 2.75) is 32.8 Å². The van der Waals surface area contributed by atoms with Crippen molar-refractivity contribution in [2.75, 3.05) is 23.8 Å². The number of rotatable bonds is 3. The summed E-state index contributed by atoms with van der Waals surface area (Å²) in [4.78, 5) is 24.6. The van der Waals surface area contributed by atoms with Gasteiger partial charge in [-0.1, -0.05) is 17.7 Å². The Morgan fingerprint density at radius 2 is 1.72 bits per heavy atom. The average Bonchev–Trinajstić information content (AvgIpc) is 2.85. The van der Waals surface area contributed by atoms with Crippen LogP contribution in [0.4, 0.5) is 16.2 Å². The fourth-order valence-corrected chi connectivity index (χ4v) is 2.83. The molecule has 0 spiro atoms. The Morgan fingerprint density at radius 1 is 1.03 bits per heavy atom. The molecule has 1 aliphatic rings. The summed E-state index contributed by atoms with van der Waals surface area (Å²) in [7, 11) is 0. The van der Waals surface area contributed by atoms with E-state index in [9.17, 15) is 9.59 Å². The predicted molar refractivity (Wildman–Crippen MR) is 111 cm³/mol. The summed E-state index contributed by atoms with van der Waals surface area (Å²) in [5, 5.41) is 5.72. The van der Waals surface area contributed by atoms with Gasteiger partial charge in [0, 0.05) is 29.8 Å². The Hall–Kier alpha value is -2.93. The van der Waals surface area contributed by atoms with Crippen LogP contribution >= 0.6 is 11.6 Å². The summed E-state index contributed by atoms with van der Waals surface area (Å²) < 4.78 is 16.4. The molecule has 7 nitrogen and oxygen atoms in total. The summed E-state index contributed by atoms with van der Waals surface area (Å²) in [5.41, 5.74) is 0.581. The van der Waals surface area contributed by atoms with Crippen LogP contribution in [0.15, 0.2) is 36.4 Å². The minimum Gasteiger partial charge on any atom is -0.490 e. The smallest absolute Gasteiger partial charge is 0.412 e. The third-order valence-electron chi connectivity index (χ3n) is 3.86. The van der Waals surface area contributed by atoms with Gasteiger partial charge >= 0.3 is 6.09 Å². The number of ether oxygens (including phenoxy) is 3. The molecule has 0 radical (unpaired) electrons. The Balaban J connectivity index is 1.73. The predicted octanol–water partition coefficient (Wildman–Crippen LogP) is 5.10. The van der Waals surface area contributed by atoms with E-state index in [0.29, 0.717) is 46.7 Å². The van der Waals surface area contributed by atoms with E-state index >= 15 is 0 Å². The van der Waals surface area contributed by atoms with Crippen LogP contribution in [0, 0.1) is 0 Å². The number of hydrogen-bond donors (Lipinski definition) is 2. The number of anilines is 2. The zero-order chi connectivity index (χ0) is 21.0. The Morgan fingerprint density at radius 3 is 2.41 bits per heavy atom. The van der Waals surface area contributed by atoms with E-state index in [2.05, 4.69) is 10.6 Å². The van der Waals surface area contributed by atoms with E-state index in [0.717, 1.165) is 6.42 Å². The van der Waals surface area contributed by atoms with Crippen LogP contribution in [0.5, 0.6) is 11.5 Å². The molecule has 0 saturated heterocycles. The van der Waals surface area contributed by atoms with E-state index in [1.165, 1.54) is 0 Å². The first-order chi connectivity index (χ1) is 13.7. The Bertz CT molecular complexity index is 924. The van der Waals surface area contributed by atoms with Crippen molar-refractivity contribution in [1.82, 2.24) is 0 Å². The molecule has 2 aromatic carbocycles.